The van der Waals surface area contributed by atoms with E-state index in [9.17, 15) is 14.3 Å². The van der Waals surface area contributed by atoms with Gasteiger partial charge in [0.1, 0.15) is 35.2 Å². The summed E-state index contributed by atoms with van der Waals surface area (Å²) in [6.07, 6.45) is 12.6. The minimum Gasteiger partial charge on any atom is -0.508 e. The topological polar surface area (TPSA) is 107 Å². The largest absolute Gasteiger partial charge is 0.508 e. The van der Waals surface area contributed by atoms with E-state index in [2.05, 4.69) is 37.6 Å². The highest BCUT2D eigenvalue weighted by Gasteiger charge is 2.45. The van der Waals surface area contributed by atoms with Crippen molar-refractivity contribution >= 4 is 33.4 Å². The first-order chi connectivity index (χ1) is 23.2. The summed E-state index contributed by atoms with van der Waals surface area (Å²) in [6, 6.07) is 5.22. The molecule has 0 unspecified atom stereocenters. The zero-order valence-corrected chi connectivity index (χ0v) is 26.8. The molecule has 3 fully saturated rings. The van der Waals surface area contributed by atoms with E-state index in [1.54, 1.807) is 0 Å². The molecule has 0 bridgehead atoms. The van der Waals surface area contributed by atoms with Gasteiger partial charge in [-0.25, -0.2) is 8.78 Å². The highest BCUT2D eigenvalue weighted by atomic mass is 19.1. The maximum Gasteiger partial charge on any atom is 0.319 e. The van der Waals surface area contributed by atoms with E-state index in [0.717, 1.165) is 38.8 Å². The second-order valence-corrected chi connectivity index (χ2v) is 13.0. The van der Waals surface area contributed by atoms with Crippen molar-refractivity contribution in [1.82, 2.24) is 30.1 Å². The van der Waals surface area contributed by atoms with Crippen molar-refractivity contribution in [3.05, 3.63) is 60.3 Å². The van der Waals surface area contributed by atoms with Crippen molar-refractivity contribution in [2.75, 3.05) is 57.8 Å². The molecule has 248 valence electrons. The Morgan fingerprint density at radius 3 is 2.73 bits per heavy atom. The molecule has 7 rings (SSSR count). The van der Waals surface area contributed by atoms with Gasteiger partial charge in [-0.05, 0) is 75.5 Å². The number of nitrogens with one attached hydrogen (secondary N) is 1. The maximum absolute atomic E-state index is 16.9. The van der Waals surface area contributed by atoms with Crippen LogP contribution >= 0.6 is 0 Å². The molecule has 0 radical (unpaired) electrons. The number of carbonyl (C=O) groups excluding carboxylic acids is 1. The highest BCUT2D eigenvalue weighted by Crippen LogP contribution is 2.41. The number of amides is 1. The normalized spacial score (nSPS) is 19.6. The summed E-state index contributed by atoms with van der Waals surface area (Å²) in [4.78, 5) is 32.8. The van der Waals surface area contributed by atoms with E-state index in [1.807, 2.05) is 11.9 Å². The van der Waals surface area contributed by atoms with Crippen LogP contribution in [0.25, 0.3) is 32.9 Å². The molecule has 0 saturated carbocycles. The summed E-state index contributed by atoms with van der Waals surface area (Å²) >= 11 is 0. The number of nitrogens with zero attached hydrogens (tertiary/aromatic N) is 6. The van der Waals surface area contributed by atoms with Crippen LogP contribution < -0.4 is 15.0 Å². The number of fused-ring (bicyclic) bond motifs is 3. The number of hydrogen-bond acceptors (Lipinski definition) is 9. The maximum atomic E-state index is 16.9. The summed E-state index contributed by atoms with van der Waals surface area (Å²) in [5.74, 6) is 0.922. The molecule has 2 N–H and O–H groups in total. The average molecular weight is 654 g/mol. The SMILES string of the molecule is C#Cc1c(F)ccc2cc(O)cc(-c3ncc4c(N5CCN(C)C[C@@H](NC(=O)C=C)C5)nc(OCC56CCCN5CCC6)nc4c3F)c12. The van der Waals surface area contributed by atoms with Crippen LogP contribution in [0.5, 0.6) is 11.8 Å². The molecule has 3 aliphatic heterocycles. The average Bonchev–Trinajstić information content (AvgIpc) is 3.60. The Morgan fingerprint density at radius 1 is 1.19 bits per heavy atom. The summed E-state index contributed by atoms with van der Waals surface area (Å²) in [5.41, 5.74) is -0.207. The Balaban J connectivity index is 1.38. The van der Waals surface area contributed by atoms with Crippen molar-refractivity contribution in [3.63, 3.8) is 0 Å². The molecular weight excluding hydrogens is 616 g/mol. The zero-order chi connectivity index (χ0) is 33.6. The van der Waals surface area contributed by atoms with E-state index in [0.29, 0.717) is 49.4 Å². The van der Waals surface area contributed by atoms with Crippen molar-refractivity contribution in [3.8, 4) is 35.4 Å². The van der Waals surface area contributed by atoms with Gasteiger partial charge in [-0.3, -0.25) is 14.7 Å². The first-order valence-electron chi connectivity index (χ1n) is 16.2. The van der Waals surface area contributed by atoms with Crippen LogP contribution in [0.1, 0.15) is 31.2 Å². The number of anilines is 1. The number of pyridine rings is 1. The summed E-state index contributed by atoms with van der Waals surface area (Å²) in [5, 5.41) is 14.6. The number of benzene rings is 2. The summed E-state index contributed by atoms with van der Waals surface area (Å²) in [6.45, 7) is 8.17. The van der Waals surface area contributed by atoms with Crippen LogP contribution in [-0.4, -0.2) is 100 Å². The number of halogens is 2. The molecule has 1 atom stereocenters. The number of carbonyl (C=O) groups is 1. The van der Waals surface area contributed by atoms with Gasteiger partial charge in [-0.2, -0.15) is 9.97 Å². The molecule has 1 amide bonds. The fraction of sp³-hybridized carbons (Fsp3) is 0.389. The van der Waals surface area contributed by atoms with Crippen molar-refractivity contribution < 1.29 is 23.4 Å². The third-order valence-electron chi connectivity index (χ3n) is 9.93. The lowest BCUT2D eigenvalue weighted by Gasteiger charge is -2.31. The van der Waals surface area contributed by atoms with Crippen molar-refractivity contribution in [2.45, 2.75) is 37.3 Å². The molecule has 0 aliphatic carbocycles. The van der Waals surface area contributed by atoms with Crippen LogP contribution in [-0.2, 0) is 4.79 Å². The standard InChI is InChI=1S/C36H37F2N7O3/c1-4-25-28(37)9-8-22-16-24(46)17-26(30(22)25)32-31(38)33-27(18-39-32)34(44-15-14-43(3)19-23(20-44)40-29(47)5-2)42-35(41-33)48-21-36-10-6-12-45(36)13-7-11-36/h1,5,8-9,16-18,23,46H,2,6-7,10-15,19-21H2,3H3,(H,40,47)/t23-/m1/s1. The lowest BCUT2D eigenvalue weighted by molar-refractivity contribution is -0.117. The summed E-state index contributed by atoms with van der Waals surface area (Å²) < 4.78 is 38.2. The molecule has 2 aromatic carbocycles. The van der Waals surface area contributed by atoms with Gasteiger partial charge in [0.25, 0.3) is 0 Å². The van der Waals surface area contributed by atoms with Crippen LogP contribution in [0.4, 0.5) is 14.6 Å². The van der Waals surface area contributed by atoms with E-state index < -0.39 is 11.6 Å². The van der Waals surface area contributed by atoms with Crippen LogP contribution in [0.2, 0.25) is 0 Å². The molecule has 5 heterocycles. The van der Waals surface area contributed by atoms with Gasteiger partial charge in [0.2, 0.25) is 5.91 Å². The number of phenolic OH excluding ortho intramolecular Hbond substituents is 1. The van der Waals surface area contributed by atoms with Gasteiger partial charge in [-0.1, -0.05) is 18.6 Å². The molecule has 3 saturated heterocycles. The molecule has 0 spiro atoms. The van der Waals surface area contributed by atoms with Crippen LogP contribution in [0, 0.1) is 24.0 Å². The number of rotatable bonds is 7. The smallest absolute Gasteiger partial charge is 0.319 e. The Morgan fingerprint density at radius 2 is 1.98 bits per heavy atom. The zero-order valence-electron chi connectivity index (χ0n) is 26.8. The van der Waals surface area contributed by atoms with Crippen molar-refractivity contribution in [1.29, 1.82) is 0 Å². The Hall–Kier alpha value is -4.86. The second kappa shape index (κ2) is 12.6. The van der Waals surface area contributed by atoms with E-state index in [1.165, 1.54) is 36.5 Å². The van der Waals surface area contributed by atoms with Gasteiger partial charge in [0.05, 0.1) is 22.5 Å². The lowest BCUT2D eigenvalue weighted by Crippen LogP contribution is -2.46. The third kappa shape index (κ3) is 5.67. The lowest BCUT2D eigenvalue weighted by atomic mass is 9.95. The van der Waals surface area contributed by atoms with Gasteiger partial charge in [0.15, 0.2) is 5.82 Å². The van der Waals surface area contributed by atoms with E-state index in [4.69, 9.17) is 16.1 Å². The minimum absolute atomic E-state index is 0.0297. The molecule has 2 aromatic heterocycles. The number of aromatic nitrogens is 3. The number of aromatic hydroxyl groups is 1. The second-order valence-electron chi connectivity index (χ2n) is 13.0. The van der Waals surface area contributed by atoms with Gasteiger partial charge in [0, 0.05) is 43.3 Å². The Bertz CT molecular complexity index is 1970. The number of terminal acetylenes is 1. The predicted molar refractivity (Wildman–Crippen MR) is 180 cm³/mol. The highest BCUT2D eigenvalue weighted by molar-refractivity contribution is 6.03. The first-order valence-corrected chi connectivity index (χ1v) is 16.2. The Labute approximate surface area is 277 Å². The van der Waals surface area contributed by atoms with E-state index >= 15 is 4.39 Å². The van der Waals surface area contributed by atoms with Crippen molar-refractivity contribution in [2.24, 2.45) is 0 Å². The third-order valence-corrected chi connectivity index (χ3v) is 9.93. The number of likely N-dealkylation sites (N-methyl/N-ethyl adjacent to an activating group) is 1. The Kier molecular flexibility index (Phi) is 8.35. The van der Waals surface area contributed by atoms with Gasteiger partial charge in [-0.15, -0.1) is 6.42 Å². The molecule has 3 aliphatic rings. The van der Waals surface area contributed by atoms with Gasteiger partial charge < -0.3 is 25.0 Å². The fourth-order valence-corrected chi connectivity index (χ4v) is 7.65. The monoisotopic (exact) mass is 653 g/mol. The number of phenols is 1. The quantitative estimate of drug-likeness (QED) is 0.224. The number of ether oxygens (including phenoxy) is 1. The molecule has 10 nitrogen and oxygen atoms in total. The molecule has 48 heavy (non-hydrogen) atoms. The predicted octanol–water partition coefficient (Wildman–Crippen LogP) is 4.24. The molecule has 4 aromatic rings. The summed E-state index contributed by atoms with van der Waals surface area (Å²) in [7, 11) is 1.97. The van der Waals surface area contributed by atoms with Crippen LogP contribution in [0.15, 0.2) is 43.1 Å². The molecule has 12 heteroatoms. The number of hydrogen-bond donors (Lipinski definition) is 2. The fourth-order valence-electron chi connectivity index (χ4n) is 7.65. The van der Waals surface area contributed by atoms with E-state index in [-0.39, 0.29) is 57.0 Å². The minimum atomic E-state index is -0.787. The molecular formula is C36H37F2N7O3. The van der Waals surface area contributed by atoms with Crippen LogP contribution in [0.3, 0.4) is 0 Å². The van der Waals surface area contributed by atoms with Gasteiger partial charge >= 0.3 is 6.01 Å². The first kappa shape index (κ1) is 31.7.